The Hall–Kier alpha value is -4.28. The minimum atomic E-state index is -1.52. The molecule has 3 aromatic rings. The summed E-state index contributed by atoms with van der Waals surface area (Å²) < 4.78 is 19.9. The van der Waals surface area contributed by atoms with Crippen LogP contribution in [0, 0.1) is 29.5 Å². The first-order chi connectivity index (χ1) is 21.7. The number of carbonyl (C=O) groups excluding carboxylic acids is 4. The van der Waals surface area contributed by atoms with Crippen molar-refractivity contribution in [1.82, 2.24) is 9.91 Å². The number of nitrogens with zero attached hydrogens (tertiary/aromatic N) is 2. The molecule has 2 aliphatic heterocycles. The molecule has 232 valence electrons. The molecule has 0 bridgehead atoms. The van der Waals surface area contributed by atoms with Gasteiger partial charge in [0, 0.05) is 11.6 Å². The van der Waals surface area contributed by atoms with Gasteiger partial charge in [0.25, 0.3) is 11.8 Å². The summed E-state index contributed by atoms with van der Waals surface area (Å²) in [5, 5.41) is 11.3. The molecule has 9 nitrogen and oxygen atoms in total. The molecule has 0 spiro atoms. The van der Waals surface area contributed by atoms with Crippen molar-refractivity contribution >= 4 is 40.9 Å². The van der Waals surface area contributed by atoms with Crippen molar-refractivity contribution in [1.29, 1.82) is 0 Å². The van der Waals surface area contributed by atoms with Gasteiger partial charge in [-0.1, -0.05) is 42.3 Å². The Labute approximate surface area is 263 Å². The number of halogens is 2. The van der Waals surface area contributed by atoms with Crippen molar-refractivity contribution in [3.63, 3.8) is 0 Å². The molecule has 2 N–H and O–H groups in total. The van der Waals surface area contributed by atoms with Gasteiger partial charge >= 0.3 is 0 Å². The van der Waals surface area contributed by atoms with E-state index in [4.69, 9.17) is 16.0 Å². The van der Waals surface area contributed by atoms with Crippen molar-refractivity contribution in [2.75, 3.05) is 12.0 Å². The largest absolute Gasteiger partial charge is 0.463 e. The second-order valence-corrected chi connectivity index (χ2v) is 12.6. The maximum Gasteiger partial charge on any atom is 0.260 e. The third kappa shape index (κ3) is 4.29. The van der Waals surface area contributed by atoms with E-state index in [9.17, 15) is 28.7 Å². The number of amides is 4. The van der Waals surface area contributed by atoms with Crippen molar-refractivity contribution in [3.8, 4) is 0 Å². The zero-order chi connectivity index (χ0) is 31.6. The Morgan fingerprint density at radius 2 is 1.71 bits per heavy atom. The smallest absolute Gasteiger partial charge is 0.260 e. The van der Waals surface area contributed by atoms with Gasteiger partial charge in [0.05, 0.1) is 29.4 Å². The van der Waals surface area contributed by atoms with Crippen molar-refractivity contribution < 1.29 is 33.1 Å². The summed E-state index contributed by atoms with van der Waals surface area (Å²) in [4.78, 5) is 58.0. The summed E-state index contributed by atoms with van der Waals surface area (Å²) in [5.74, 6) is -4.89. The van der Waals surface area contributed by atoms with Crippen LogP contribution in [-0.4, -0.2) is 45.2 Å². The highest BCUT2D eigenvalue weighted by atomic mass is 35.5. The normalized spacial score (nSPS) is 29.1. The number of nitrogens with one attached hydrogen (secondary N) is 1. The number of anilines is 1. The standard InChI is InChI=1S/C34H31ClFN3O6/c1-2-15-38-30(41)24-13-12-23-25(28(24)32(38)43)16-26-31(42)39(37-21-9-7-20(36)8-10-21)33(44)34(26,18-3-5-19(35)6-4-18)29(23)27-14-11-22(17-40)45-27/h3-12,14,24-26,28-29,37,40H,2,13,15-17H2,1H3/t24-,25+,26-,28-,29+,34+/m0/s1. The Morgan fingerprint density at radius 1 is 0.978 bits per heavy atom. The average Bonchev–Trinajstić information content (AvgIpc) is 3.67. The second-order valence-electron chi connectivity index (χ2n) is 12.2. The van der Waals surface area contributed by atoms with E-state index in [1.807, 2.05) is 13.0 Å². The summed E-state index contributed by atoms with van der Waals surface area (Å²) in [6.07, 6.45) is 3.03. The van der Waals surface area contributed by atoms with Gasteiger partial charge in [0.15, 0.2) is 0 Å². The molecular weight excluding hydrogens is 601 g/mol. The van der Waals surface area contributed by atoms with E-state index in [-0.39, 0.29) is 30.6 Å². The summed E-state index contributed by atoms with van der Waals surface area (Å²) in [5.41, 5.74) is 3.01. The molecule has 2 saturated heterocycles. The third-order valence-electron chi connectivity index (χ3n) is 9.92. The molecule has 2 aliphatic carbocycles. The van der Waals surface area contributed by atoms with Gasteiger partial charge in [-0.3, -0.25) is 29.5 Å². The van der Waals surface area contributed by atoms with Crippen LogP contribution >= 0.6 is 11.6 Å². The number of aliphatic hydroxyl groups excluding tert-OH is 1. The first-order valence-electron chi connectivity index (χ1n) is 15.1. The van der Waals surface area contributed by atoms with Crippen LogP contribution in [0.3, 0.4) is 0 Å². The van der Waals surface area contributed by atoms with Gasteiger partial charge in [-0.15, -0.1) is 0 Å². The van der Waals surface area contributed by atoms with Crippen LogP contribution in [0.15, 0.2) is 76.7 Å². The number of imide groups is 2. The van der Waals surface area contributed by atoms with E-state index in [1.165, 1.54) is 29.2 Å². The Balaban J connectivity index is 1.43. The van der Waals surface area contributed by atoms with Crippen molar-refractivity contribution in [2.24, 2.45) is 23.7 Å². The second kappa shape index (κ2) is 11.0. The van der Waals surface area contributed by atoms with Gasteiger partial charge in [-0.05, 0) is 79.3 Å². The number of fused-ring (bicyclic) bond motifs is 4. The van der Waals surface area contributed by atoms with Crippen LogP contribution in [0.4, 0.5) is 10.1 Å². The quantitative estimate of drug-likeness (QED) is 0.279. The number of hydrazine groups is 1. The predicted molar refractivity (Wildman–Crippen MR) is 161 cm³/mol. The molecule has 3 fully saturated rings. The zero-order valence-electron chi connectivity index (χ0n) is 24.4. The first kappa shape index (κ1) is 29.4. The number of furan rings is 1. The lowest BCUT2D eigenvalue weighted by molar-refractivity contribution is -0.141. The minimum Gasteiger partial charge on any atom is -0.463 e. The van der Waals surface area contributed by atoms with Gasteiger partial charge in [-0.25, -0.2) is 4.39 Å². The lowest BCUT2D eigenvalue weighted by Gasteiger charge is -2.49. The topological polar surface area (TPSA) is 120 Å². The van der Waals surface area contributed by atoms with Gasteiger partial charge < -0.3 is 9.52 Å². The van der Waals surface area contributed by atoms with Crippen LogP contribution in [0.25, 0.3) is 0 Å². The third-order valence-corrected chi connectivity index (χ3v) is 10.2. The van der Waals surface area contributed by atoms with Crippen LogP contribution in [0.2, 0.25) is 5.02 Å². The van der Waals surface area contributed by atoms with Crippen LogP contribution in [-0.2, 0) is 31.2 Å². The highest BCUT2D eigenvalue weighted by Crippen LogP contribution is 2.64. The fourth-order valence-corrected chi connectivity index (χ4v) is 8.23. The highest BCUT2D eigenvalue weighted by Gasteiger charge is 2.71. The zero-order valence-corrected chi connectivity index (χ0v) is 25.2. The minimum absolute atomic E-state index is 0.144. The number of hydrogen-bond acceptors (Lipinski definition) is 7. The summed E-state index contributed by atoms with van der Waals surface area (Å²) in [6.45, 7) is 1.85. The molecule has 4 amide bonds. The fraction of sp³-hybridized carbons (Fsp3) is 0.353. The van der Waals surface area contributed by atoms with Gasteiger partial charge in [0.2, 0.25) is 11.8 Å². The molecule has 0 unspecified atom stereocenters. The number of aliphatic hydroxyl groups is 1. The van der Waals surface area contributed by atoms with Gasteiger partial charge in [0.1, 0.15) is 29.4 Å². The number of likely N-dealkylation sites (tertiary alicyclic amines) is 1. The summed E-state index contributed by atoms with van der Waals surface area (Å²) >= 11 is 6.28. The summed E-state index contributed by atoms with van der Waals surface area (Å²) in [7, 11) is 0. The van der Waals surface area contributed by atoms with E-state index in [1.54, 1.807) is 36.4 Å². The Kier molecular flexibility index (Phi) is 7.17. The molecule has 7 rings (SSSR count). The molecule has 1 aromatic heterocycles. The summed E-state index contributed by atoms with van der Waals surface area (Å²) in [6, 6.07) is 15.4. The molecule has 11 heteroatoms. The number of rotatable bonds is 7. The molecule has 45 heavy (non-hydrogen) atoms. The number of allylic oxidation sites excluding steroid dienone is 2. The molecule has 0 radical (unpaired) electrons. The van der Waals surface area contributed by atoms with E-state index in [0.717, 1.165) is 10.6 Å². The molecule has 3 heterocycles. The van der Waals surface area contributed by atoms with E-state index in [2.05, 4.69) is 5.43 Å². The fourth-order valence-electron chi connectivity index (χ4n) is 8.11. The SMILES string of the molecule is CCCN1C(=O)[C@H]2[C@H](CC=C3[C@H]2C[C@H]2C(=O)N(Nc4ccc(F)cc4)C(=O)[C@@]2(c2ccc(Cl)cc2)[C@H]3c2ccc(CO)o2)C1=O. The van der Waals surface area contributed by atoms with Crippen molar-refractivity contribution in [2.45, 2.75) is 44.1 Å². The Morgan fingerprint density at radius 3 is 2.38 bits per heavy atom. The Bertz CT molecular complexity index is 1740. The van der Waals surface area contributed by atoms with Crippen LogP contribution in [0.1, 0.15) is 49.2 Å². The van der Waals surface area contributed by atoms with Crippen molar-refractivity contribution in [3.05, 3.63) is 100 Å². The lowest BCUT2D eigenvalue weighted by atomic mass is 9.50. The monoisotopic (exact) mass is 631 g/mol. The molecular formula is C34H31ClFN3O6. The van der Waals surface area contributed by atoms with Crippen LogP contribution in [0.5, 0.6) is 0 Å². The molecule has 6 atom stereocenters. The van der Waals surface area contributed by atoms with Gasteiger partial charge in [-0.2, -0.15) is 5.01 Å². The number of carbonyl (C=O) groups is 4. The van der Waals surface area contributed by atoms with E-state index < -0.39 is 52.6 Å². The van der Waals surface area contributed by atoms with Crippen LogP contribution < -0.4 is 5.43 Å². The maximum absolute atomic E-state index is 14.9. The maximum atomic E-state index is 14.9. The van der Waals surface area contributed by atoms with E-state index in [0.29, 0.717) is 41.4 Å². The van der Waals surface area contributed by atoms with E-state index >= 15 is 0 Å². The molecule has 1 saturated carbocycles. The lowest BCUT2D eigenvalue weighted by Crippen LogP contribution is -2.53. The average molecular weight is 632 g/mol. The first-order valence-corrected chi connectivity index (χ1v) is 15.5. The highest BCUT2D eigenvalue weighted by molar-refractivity contribution is 6.30. The number of hydrogen-bond donors (Lipinski definition) is 2. The molecule has 2 aromatic carbocycles. The molecule has 4 aliphatic rings. The predicted octanol–water partition coefficient (Wildman–Crippen LogP) is 4.96. The number of benzene rings is 2.